The van der Waals surface area contributed by atoms with Gasteiger partial charge in [0.2, 0.25) is 5.95 Å². The molecule has 5 nitrogen and oxygen atoms in total. The molecule has 2 rings (SSSR count). The number of nitrogens with one attached hydrogen (secondary N) is 2. The summed E-state index contributed by atoms with van der Waals surface area (Å²) in [7, 11) is 0. The quantitative estimate of drug-likeness (QED) is 0.846. The number of aromatic amines is 1. The van der Waals surface area contributed by atoms with E-state index in [0.29, 0.717) is 11.9 Å². The Morgan fingerprint density at radius 1 is 1.24 bits per heavy atom. The maximum Gasteiger partial charge on any atom is 0.271 e. The van der Waals surface area contributed by atoms with Crippen LogP contribution in [0, 0.1) is 0 Å². The molecule has 1 aromatic heterocycles. The molecule has 0 atom stereocenters. The first kappa shape index (κ1) is 11.3. The van der Waals surface area contributed by atoms with Gasteiger partial charge in [-0.15, -0.1) is 10.2 Å². The zero-order chi connectivity index (χ0) is 12.3. The van der Waals surface area contributed by atoms with Crippen LogP contribution in [-0.4, -0.2) is 15.2 Å². The number of benzene rings is 1. The maximum absolute atomic E-state index is 11.0. The number of aromatic nitrogens is 3. The molecular formula is C12H14N4O. The lowest BCUT2D eigenvalue weighted by Gasteiger charge is -2.07. The van der Waals surface area contributed by atoms with Crippen molar-refractivity contribution in [3.63, 3.8) is 0 Å². The molecule has 88 valence electrons. The third-order valence-corrected chi connectivity index (χ3v) is 2.41. The molecular weight excluding hydrogens is 216 g/mol. The summed E-state index contributed by atoms with van der Waals surface area (Å²) in [6, 6.07) is 7.98. The van der Waals surface area contributed by atoms with Gasteiger partial charge in [-0.2, -0.15) is 0 Å². The van der Waals surface area contributed by atoms with Gasteiger partial charge in [0.1, 0.15) is 6.20 Å². The largest absolute Gasteiger partial charge is 0.324 e. The number of hydrogen-bond donors (Lipinski definition) is 2. The highest BCUT2D eigenvalue weighted by atomic mass is 16.1. The Morgan fingerprint density at radius 3 is 2.53 bits per heavy atom. The Hall–Kier alpha value is -2.17. The average molecular weight is 230 g/mol. The lowest BCUT2D eigenvalue weighted by atomic mass is 10.0. The Morgan fingerprint density at radius 2 is 1.94 bits per heavy atom. The first-order valence-corrected chi connectivity index (χ1v) is 5.44. The fourth-order valence-electron chi connectivity index (χ4n) is 1.46. The summed E-state index contributed by atoms with van der Waals surface area (Å²) in [6.45, 7) is 4.28. The van der Waals surface area contributed by atoms with Gasteiger partial charge in [-0.05, 0) is 23.6 Å². The van der Waals surface area contributed by atoms with Gasteiger partial charge in [-0.3, -0.25) is 9.78 Å². The number of hydrogen-bond acceptors (Lipinski definition) is 4. The smallest absolute Gasteiger partial charge is 0.271 e. The van der Waals surface area contributed by atoms with Gasteiger partial charge in [0.25, 0.3) is 5.56 Å². The van der Waals surface area contributed by atoms with Crippen LogP contribution in [0.15, 0.2) is 35.3 Å². The van der Waals surface area contributed by atoms with E-state index in [-0.39, 0.29) is 5.56 Å². The van der Waals surface area contributed by atoms with Gasteiger partial charge in [-0.1, -0.05) is 26.0 Å². The van der Waals surface area contributed by atoms with E-state index in [1.54, 1.807) is 0 Å². The van der Waals surface area contributed by atoms with E-state index in [2.05, 4.69) is 34.3 Å². The fourth-order valence-corrected chi connectivity index (χ4v) is 1.46. The molecule has 1 heterocycles. The third-order valence-electron chi connectivity index (χ3n) is 2.41. The van der Waals surface area contributed by atoms with E-state index in [1.165, 1.54) is 5.56 Å². The van der Waals surface area contributed by atoms with E-state index in [0.717, 1.165) is 11.9 Å². The highest BCUT2D eigenvalue weighted by molar-refractivity contribution is 5.53. The molecule has 0 bridgehead atoms. The number of rotatable bonds is 3. The van der Waals surface area contributed by atoms with Crippen LogP contribution in [0.1, 0.15) is 25.3 Å². The van der Waals surface area contributed by atoms with Gasteiger partial charge in [0.15, 0.2) is 0 Å². The summed E-state index contributed by atoms with van der Waals surface area (Å²) in [6.07, 6.45) is 1.13. The lowest BCUT2D eigenvalue weighted by molar-refractivity contribution is 0.867. The summed E-state index contributed by atoms with van der Waals surface area (Å²) in [4.78, 5) is 13.6. The molecule has 2 N–H and O–H groups in total. The van der Waals surface area contributed by atoms with Crippen LogP contribution in [0.3, 0.4) is 0 Å². The van der Waals surface area contributed by atoms with Crippen molar-refractivity contribution in [2.75, 3.05) is 5.32 Å². The van der Waals surface area contributed by atoms with E-state index >= 15 is 0 Å². The second kappa shape index (κ2) is 4.78. The van der Waals surface area contributed by atoms with E-state index in [9.17, 15) is 4.79 Å². The molecule has 0 aliphatic heterocycles. The normalized spacial score (nSPS) is 10.5. The molecule has 0 saturated carbocycles. The molecule has 0 aliphatic carbocycles. The molecule has 0 spiro atoms. The van der Waals surface area contributed by atoms with Gasteiger partial charge >= 0.3 is 0 Å². The molecule has 0 aliphatic rings. The minimum atomic E-state index is -0.277. The number of anilines is 2. The minimum absolute atomic E-state index is 0.277. The summed E-state index contributed by atoms with van der Waals surface area (Å²) in [5.41, 5.74) is 1.86. The highest BCUT2D eigenvalue weighted by Gasteiger charge is 2.00. The topological polar surface area (TPSA) is 70.7 Å². The molecule has 0 unspecified atom stereocenters. The van der Waals surface area contributed by atoms with Crippen LogP contribution >= 0.6 is 0 Å². The van der Waals surface area contributed by atoms with Crippen LogP contribution in [0.2, 0.25) is 0 Å². The Kier molecular flexibility index (Phi) is 3.18. The molecule has 5 heteroatoms. The van der Waals surface area contributed by atoms with Crippen LogP contribution in [-0.2, 0) is 0 Å². The molecule has 0 saturated heterocycles. The van der Waals surface area contributed by atoms with Crippen molar-refractivity contribution in [3.05, 3.63) is 46.4 Å². The van der Waals surface area contributed by atoms with Crippen molar-refractivity contribution in [1.82, 2.24) is 15.2 Å². The lowest BCUT2D eigenvalue weighted by Crippen LogP contribution is -2.10. The Bertz CT molecular complexity index is 545. The predicted molar refractivity (Wildman–Crippen MR) is 66.5 cm³/mol. The zero-order valence-electron chi connectivity index (χ0n) is 9.77. The summed E-state index contributed by atoms with van der Waals surface area (Å²) in [5, 5.41) is 10.3. The minimum Gasteiger partial charge on any atom is -0.324 e. The molecule has 2 aromatic rings. The maximum atomic E-state index is 11.0. The van der Waals surface area contributed by atoms with Crippen molar-refractivity contribution < 1.29 is 0 Å². The van der Waals surface area contributed by atoms with Crippen LogP contribution in [0.4, 0.5) is 11.6 Å². The number of H-pyrrole nitrogens is 1. The third kappa shape index (κ3) is 2.90. The van der Waals surface area contributed by atoms with Crippen molar-refractivity contribution in [2.24, 2.45) is 0 Å². The first-order valence-electron chi connectivity index (χ1n) is 5.44. The van der Waals surface area contributed by atoms with Crippen molar-refractivity contribution >= 4 is 11.6 Å². The van der Waals surface area contributed by atoms with E-state index < -0.39 is 0 Å². The molecule has 0 amide bonds. The molecule has 0 radical (unpaired) electrons. The molecule has 1 aromatic carbocycles. The van der Waals surface area contributed by atoms with Crippen molar-refractivity contribution in [1.29, 1.82) is 0 Å². The Labute approximate surface area is 98.9 Å². The van der Waals surface area contributed by atoms with Crippen LogP contribution in [0.5, 0.6) is 0 Å². The highest BCUT2D eigenvalue weighted by Crippen LogP contribution is 2.18. The average Bonchev–Trinajstić information content (AvgIpc) is 2.29. The fraction of sp³-hybridized carbons (Fsp3) is 0.250. The molecule has 17 heavy (non-hydrogen) atoms. The first-order chi connectivity index (χ1) is 8.15. The van der Waals surface area contributed by atoms with Crippen molar-refractivity contribution in [2.45, 2.75) is 19.8 Å². The van der Waals surface area contributed by atoms with Gasteiger partial charge in [0.05, 0.1) is 0 Å². The zero-order valence-corrected chi connectivity index (χ0v) is 9.77. The van der Waals surface area contributed by atoms with E-state index in [4.69, 9.17) is 0 Å². The van der Waals surface area contributed by atoms with Gasteiger partial charge in [0, 0.05) is 5.69 Å². The molecule has 0 fully saturated rings. The van der Waals surface area contributed by atoms with Gasteiger partial charge < -0.3 is 5.32 Å². The summed E-state index contributed by atoms with van der Waals surface area (Å²) in [5.74, 6) is 0.843. The summed E-state index contributed by atoms with van der Waals surface area (Å²) >= 11 is 0. The summed E-state index contributed by atoms with van der Waals surface area (Å²) < 4.78 is 0. The second-order valence-electron chi connectivity index (χ2n) is 4.08. The monoisotopic (exact) mass is 230 g/mol. The SMILES string of the molecule is CC(C)c1ccc(Nc2nncc(=O)[nH]2)cc1. The predicted octanol–water partition coefficient (Wildman–Crippen LogP) is 2.03. The van der Waals surface area contributed by atoms with Crippen LogP contribution < -0.4 is 10.9 Å². The van der Waals surface area contributed by atoms with Crippen molar-refractivity contribution in [3.8, 4) is 0 Å². The Balaban J connectivity index is 2.16. The van der Waals surface area contributed by atoms with Gasteiger partial charge in [-0.25, -0.2) is 0 Å². The number of nitrogens with zero attached hydrogens (tertiary/aromatic N) is 2. The second-order valence-corrected chi connectivity index (χ2v) is 4.08. The standard InChI is InChI=1S/C12H14N4O/c1-8(2)9-3-5-10(6-4-9)14-12-15-11(17)7-13-16-12/h3-8H,1-2H3,(H2,14,15,16,17). The van der Waals surface area contributed by atoms with E-state index in [1.807, 2.05) is 24.3 Å². The van der Waals surface area contributed by atoms with Crippen LogP contribution in [0.25, 0.3) is 0 Å².